The van der Waals surface area contributed by atoms with E-state index < -0.39 is 21.2 Å². The molecule has 1 N–H and O–H groups in total. The molecule has 94 valence electrons. The third kappa shape index (κ3) is 3.31. The summed E-state index contributed by atoms with van der Waals surface area (Å²) >= 11 is 5.74. The lowest BCUT2D eigenvalue weighted by Gasteiger charge is -2.12. The largest absolute Gasteiger partial charge is 0.468 e. The van der Waals surface area contributed by atoms with E-state index >= 15 is 0 Å². The Morgan fingerprint density at radius 2 is 2.24 bits per heavy atom. The average Bonchev–Trinajstić information content (AvgIpc) is 2.30. The minimum atomic E-state index is -3.92. The number of methoxy groups -OCH3 is 1. The highest BCUT2D eigenvalue weighted by molar-refractivity contribution is 7.94. The van der Waals surface area contributed by atoms with Crippen molar-refractivity contribution < 1.29 is 17.9 Å². The molecular weight excluding hydrogens is 268 g/mol. The lowest BCUT2D eigenvalue weighted by Crippen LogP contribution is -2.33. The number of nitrogens with one attached hydrogen (secondary N) is 1. The highest BCUT2D eigenvalue weighted by Crippen LogP contribution is 2.19. The smallest absolute Gasteiger partial charge is 0.325 e. The number of esters is 1. The highest BCUT2D eigenvalue weighted by Gasteiger charge is 2.29. The molecule has 0 bridgehead atoms. The van der Waals surface area contributed by atoms with Crippen LogP contribution in [0.15, 0.2) is 18.3 Å². The van der Waals surface area contributed by atoms with Gasteiger partial charge in [0.15, 0.2) is 11.1 Å². The number of hydrogen-bond donors (Lipinski definition) is 1. The predicted octanol–water partition coefficient (Wildman–Crippen LogP) is 1.04. The maximum Gasteiger partial charge on any atom is 0.325 e. The van der Waals surface area contributed by atoms with Gasteiger partial charge in [0, 0.05) is 6.20 Å². The zero-order valence-corrected chi connectivity index (χ0v) is 10.7. The van der Waals surface area contributed by atoms with Crippen molar-refractivity contribution in [3.05, 3.63) is 23.4 Å². The third-order valence-corrected chi connectivity index (χ3v) is 3.90. The number of ether oxygens (including phenoxy) is 1. The molecule has 0 aliphatic carbocycles. The zero-order chi connectivity index (χ0) is 13.1. The van der Waals surface area contributed by atoms with Gasteiger partial charge in [-0.3, -0.25) is 9.52 Å². The second-order valence-corrected chi connectivity index (χ2v) is 5.55. The standard InChI is InChI=1S/C9H11ClN2O4S/c1-6(9(13)16-2)17(14,15)12-8-7(10)4-3-5-11-8/h3-6H,1-2H3,(H,11,12). The minimum Gasteiger partial charge on any atom is -0.468 e. The number of aromatic nitrogens is 1. The SMILES string of the molecule is COC(=O)C(C)S(=O)(=O)Nc1ncccc1Cl. The molecule has 0 radical (unpaired) electrons. The maximum atomic E-state index is 11.7. The summed E-state index contributed by atoms with van der Waals surface area (Å²) in [6.07, 6.45) is 1.38. The number of halogens is 1. The van der Waals surface area contributed by atoms with Crippen LogP contribution in [-0.4, -0.2) is 31.7 Å². The molecule has 0 aromatic carbocycles. The zero-order valence-electron chi connectivity index (χ0n) is 9.18. The van der Waals surface area contributed by atoms with Crippen molar-refractivity contribution in [1.82, 2.24) is 4.98 Å². The Bertz CT molecular complexity index is 517. The van der Waals surface area contributed by atoms with E-state index in [1.54, 1.807) is 6.07 Å². The highest BCUT2D eigenvalue weighted by atomic mass is 35.5. The van der Waals surface area contributed by atoms with Crippen LogP contribution in [-0.2, 0) is 19.6 Å². The van der Waals surface area contributed by atoms with Gasteiger partial charge < -0.3 is 4.74 Å². The Morgan fingerprint density at radius 3 is 2.76 bits per heavy atom. The average molecular weight is 279 g/mol. The van der Waals surface area contributed by atoms with E-state index in [-0.39, 0.29) is 10.8 Å². The van der Waals surface area contributed by atoms with E-state index in [0.29, 0.717) is 0 Å². The van der Waals surface area contributed by atoms with Crippen LogP contribution in [0, 0.1) is 0 Å². The van der Waals surface area contributed by atoms with E-state index in [9.17, 15) is 13.2 Å². The van der Waals surface area contributed by atoms with Crippen molar-refractivity contribution in [2.45, 2.75) is 12.2 Å². The van der Waals surface area contributed by atoms with Crippen LogP contribution in [0.1, 0.15) is 6.92 Å². The van der Waals surface area contributed by atoms with Gasteiger partial charge in [0.1, 0.15) is 0 Å². The molecule has 17 heavy (non-hydrogen) atoms. The van der Waals surface area contributed by atoms with Crippen molar-refractivity contribution >= 4 is 33.4 Å². The summed E-state index contributed by atoms with van der Waals surface area (Å²) in [4.78, 5) is 14.9. The molecule has 0 saturated carbocycles. The first-order valence-electron chi connectivity index (χ1n) is 4.58. The summed E-state index contributed by atoms with van der Waals surface area (Å²) in [7, 11) is -2.81. The molecule has 1 unspecified atom stereocenters. The van der Waals surface area contributed by atoms with Gasteiger partial charge in [0.25, 0.3) is 0 Å². The van der Waals surface area contributed by atoms with Crippen LogP contribution in [0.25, 0.3) is 0 Å². The van der Waals surface area contributed by atoms with E-state index in [4.69, 9.17) is 11.6 Å². The minimum absolute atomic E-state index is 0.0232. The second kappa shape index (κ2) is 5.33. The molecular formula is C9H11ClN2O4S. The van der Waals surface area contributed by atoms with Gasteiger partial charge in [-0.1, -0.05) is 11.6 Å². The number of hydrogen-bond acceptors (Lipinski definition) is 5. The first-order valence-corrected chi connectivity index (χ1v) is 6.51. The van der Waals surface area contributed by atoms with Gasteiger partial charge >= 0.3 is 5.97 Å². The molecule has 0 aliphatic rings. The van der Waals surface area contributed by atoms with Crippen molar-refractivity contribution in [1.29, 1.82) is 0 Å². The van der Waals surface area contributed by atoms with Crippen LogP contribution < -0.4 is 4.72 Å². The van der Waals surface area contributed by atoms with Gasteiger partial charge in [0.05, 0.1) is 12.1 Å². The first-order chi connectivity index (χ1) is 7.88. The molecule has 0 aliphatic heterocycles. The number of nitrogens with zero attached hydrogens (tertiary/aromatic N) is 1. The second-order valence-electron chi connectivity index (χ2n) is 3.15. The third-order valence-electron chi connectivity index (χ3n) is 2.00. The van der Waals surface area contributed by atoms with Crippen molar-refractivity contribution in [2.24, 2.45) is 0 Å². The number of sulfonamides is 1. The molecule has 0 fully saturated rings. The molecule has 1 atom stereocenters. The molecule has 1 aromatic heterocycles. The Hall–Kier alpha value is -1.34. The summed E-state index contributed by atoms with van der Waals surface area (Å²) in [5.74, 6) is -0.880. The summed E-state index contributed by atoms with van der Waals surface area (Å²) in [6.45, 7) is 1.21. The Labute approximate surface area is 104 Å². The predicted molar refractivity (Wildman–Crippen MR) is 63.3 cm³/mol. The summed E-state index contributed by atoms with van der Waals surface area (Å²) in [5.41, 5.74) is 0. The fourth-order valence-corrected chi connectivity index (χ4v) is 2.16. The molecule has 0 saturated heterocycles. The van der Waals surface area contributed by atoms with E-state index in [2.05, 4.69) is 14.4 Å². The first kappa shape index (κ1) is 13.7. The summed E-state index contributed by atoms with van der Waals surface area (Å²) in [5, 5.41) is -1.20. The quantitative estimate of drug-likeness (QED) is 0.832. The molecule has 1 rings (SSSR count). The summed E-state index contributed by atoms with van der Waals surface area (Å²) < 4.78 is 30.0. The molecule has 1 aromatic rings. The van der Waals surface area contributed by atoms with E-state index in [0.717, 1.165) is 7.11 Å². The van der Waals surface area contributed by atoms with Crippen LogP contribution in [0.4, 0.5) is 5.82 Å². The van der Waals surface area contributed by atoms with Crippen LogP contribution >= 0.6 is 11.6 Å². The van der Waals surface area contributed by atoms with Gasteiger partial charge in [-0.15, -0.1) is 0 Å². The maximum absolute atomic E-state index is 11.7. The lowest BCUT2D eigenvalue weighted by molar-refractivity contribution is -0.139. The van der Waals surface area contributed by atoms with Gasteiger partial charge in [-0.05, 0) is 19.1 Å². The fraction of sp³-hybridized carbons (Fsp3) is 0.333. The monoisotopic (exact) mass is 278 g/mol. The van der Waals surface area contributed by atoms with Crippen LogP contribution in [0.2, 0.25) is 5.02 Å². The molecule has 0 amide bonds. The summed E-state index contributed by atoms with van der Waals surface area (Å²) in [6, 6.07) is 3.04. The van der Waals surface area contributed by atoms with Crippen molar-refractivity contribution in [2.75, 3.05) is 11.8 Å². The molecule has 8 heteroatoms. The van der Waals surface area contributed by atoms with Crippen molar-refractivity contribution in [3.63, 3.8) is 0 Å². The van der Waals surface area contributed by atoms with Crippen LogP contribution in [0.3, 0.4) is 0 Å². The number of rotatable bonds is 4. The molecule has 0 spiro atoms. The fourth-order valence-electron chi connectivity index (χ4n) is 0.977. The van der Waals surface area contributed by atoms with Crippen LogP contribution in [0.5, 0.6) is 0 Å². The van der Waals surface area contributed by atoms with E-state index in [1.807, 2.05) is 0 Å². The van der Waals surface area contributed by atoms with Gasteiger partial charge in [0.2, 0.25) is 10.0 Å². The number of anilines is 1. The Morgan fingerprint density at radius 1 is 1.59 bits per heavy atom. The number of carbonyl (C=O) groups is 1. The lowest BCUT2D eigenvalue weighted by atomic mass is 10.5. The number of carbonyl (C=O) groups excluding carboxylic acids is 1. The Kier molecular flexibility index (Phi) is 4.30. The van der Waals surface area contributed by atoms with Crippen molar-refractivity contribution in [3.8, 4) is 0 Å². The van der Waals surface area contributed by atoms with Gasteiger partial charge in [-0.2, -0.15) is 0 Å². The number of pyridine rings is 1. The Balaban J connectivity index is 2.95. The normalized spacial score (nSPS) is 12.9. The topological polar surface area (TPSA) is 85.4 Å². The van der Waals surface area contributed by atoms with E-state index in [1.165, 1.54) is 19.2 Å². The molecule has 6 nitrogen and oxygen atoms in total. The molecule has 1 heterocycles. The van der Waals surface area contributed by atoms with Gasteiger partial charge in [-0.25, -0.2) is 13.4 Å².